The molecule has 0 aliphatic heterocycles. The number of fused-ring (bicyclic) bond motifs is 1. The molecule has 1 heterocycles. The van der Waals surface area contributed by atoms with Crippen molar-refractivity contribution in [2.24, 2.45) is 0 Å². The van der Waals surface area contributed by atoms with Crippen molar-refractivity contribution in [1.82, 2.24) is 4.98 Å². The fourth-order valence-electron chi connectivity index (χ4n) is 3.42. The lowest BCUT2D eigenvalue weighted by molar-refractivity contribution is 0.223. The summed E-state index contributed by atoms with van der Waals surface area (Å²) in [6.07, 6.45) is 0.0548. The highest BCUT2D eigenvalue weighted by atomic mass is 32.1. The maximum Gasteiger partial charge on any atom is 0.187 e. The molecule has 5 nitrogen and oxygen atoms in total. The molecule has 0 saturated heterocycles. The van der Waals surface area contributed by atoms with Gasteiger partial charge < -0.3 is 14.8 Å². The zero-order chi connectivity index (χ0) is 22.5. The predicted molar refractivity (Wildman–Crippen MR) is 131 cm³/mol. The van der Waals surface area contributed by atoms with E-state index in [2.05, 4.69) is 22.3 Å². The van der Waals surface area contributed by atoms with Gasteiger partial charge in [-0.05, 0) is 62.7 Å². The molecule has 0 saturated carbocycles. The van der Waals surface area contributed by atoms with E-state index in [4.69, 9.17) is 21.0 Å². The van der Waals surface area contributed by atoms with E-state index in [9.17, 15) is 0 Å². The fraction of sp³-hybridized carbons (Fsp3) is 0.231. The first kappa shape index (κ1) is 21.7. The molecule has 0 bridgehead atoms. The van der Waals surface area contributed by atoms with E-state index in [0.29, 0.717) is 12.3 Å². The molecule has 0 fully saturated rings. The third kappa shape index (κ3) is 4.84. The largest absolute Gasteiger partial charge is 0.490 e. The summed E-state index contributed by atoms with van der Waals surface area (Å²) in [5.41, 5.74) is 3.54. The molecule has 4 rings (SSSR count). The molecule has 162 valence electrons. The second-order valence-corrected chi connectivity index (χ2v) is 8.62. The van der Waals surface area contributed by atoms with E-state index in [1.807, 2.05) is 75.4 Å². The highest BCUT2D eigenvalue weighted by Crippen LogP contribution is 2.37. The summed E-state index contributed by atoms with van der Waals surface area (Å²) in [5.74, 6) is 1.45. The average molecular weight is 444 g/mol. The Kier molecular flexibility index (Phi) is 6.58. The fourth-order valence-corrected chi connectivity index (χ4v) is 4.47. The molecule has 1 atom stereocenters. The molecule has 0 amide bonds. The van der Waals surface area contributed by atoms with Crippen LogP contribution in [0.1, 0.15) is 37.4 Å². The molecule has 3 aromatic carbocycles. The Morgan fingerprint density at radius 2 is 1.81 bits per heavy atom. The Bertz CT molecular complexity index is 1210. The van der Waals surface area contributed by atoms with E-state index in [0.717, 1.165) is 38.0 Å². The molecule has 0 spiro atoms. The van der Waals surface area contributed by atoms with Crippen LogP contribution in [-0.4, -0.2) is 17.7 Å². The van der Waals surface area contributed by atoms with E-state index in [1.165, 1.54) is 0 Å². The first-order valence-corrected chi connectivity index (χ1v) is 11.4. The Balaban J connectivity index is 1.77. The van der Waals surface area contributed by atoms with E-state index in [1.54, 1.807) is 11.3 Å². The zero-order valence-corrected chi connectivity index (χ0v) is 19.1. The standard InChI is InChI=1S/C26H25N3O2S/c1-5-30-23-16-18(10-15-22(23)31-17(2)3)25(28-20-13-11-19(27-4)12-14-20)26-29-21-8-6-7-9-24(21)32-26/h6-17,25,28H,5H2,1-3H3. The van der Waals surface area contributed by atoms with Crippen molar-refractivity contribution in [3.8, 4) is 11.5 Å². The van der Waals surface area contributed by atoms with E-state index >= 15 is 0 Å². The summed E-state index contributed by atoms with van der Waals surface area (Å²) in [6, 6.07) is 21.5. The lowest BCUT2D eigenvalue weighted by Gasteiger charge is -2.21. The van der Waals surface area contributed by atoms with Gasteiger partial charge in [0.2, 0.25) is 0 Å². The average Bonchev–Trinajstić information content (AvgIpc) is 3.23. The number of rotatable bonds is 8. The monoisotopic (exact) mass is 443 g/mol. The van der Waals surface area contributed by atoms with Gasteiger partial charge in [0.1, 0.15) is 11.0 Å². The number of para-hydroxylation sites is 1. The normalized spacial score (nSPS) is 11.8. The van der Waals surface area contributed by atoms with Gasteiger partial charge in [-0.15, -0.1) is 11.3 Å². The van der Waals surface area contributed by atoms with Gasteiger partial charge >= 0.3 is 0 Å². The topological polar surface area (TPSA) is 47.7 Å². The number of aromatic nitrogens is 1. The molecule has 1 N–H and O–H groups in total. The van der Waals surface area contributed by atoms with Gasteiger partial charge in [-0.3, -0.25) is 0 Å². The lowest BCUT2D eigenvalue weighted by atomic mass is 10.1. The van der Waals surface area contributed by atoms with Crippen LogP contribution in [0.5, 0.6) is 11.5 Å². The van der Waals surface area contributed by atoms with Crippen molar-refractivity contribution in [1.29, 1.82) is 0 Å². The van der Waals surface area contributed by atoms with Crippen molar-refractivity contribution < 1.29 is 9.47 Å². The van der Waals surface area contributed by atoms with Gasteiger partial charge in [-0.25, -0.2) is 9.83 Å². The van der Waals surface area contributed by atoms with Crippen molar-refractivity contribution >= 4 is 32.9 Å². The summed E-state index contributed by atoms with van der Waals surface area (Å²) < 4.78 is 13.0. The second-order valence-electron chi connectivity index (χ2n) is 7.56. The maximum atomic E-state index is 7.19. The van der Waals surface area contributed by atoms with Gasteiger partial charge in [-0.1, -0.05) is 30.3 Å². The lowest BCUT2D eigenvalue weighted by Crippen LogP contribution is -2.13. The third-order valence-electron chi connectivity index (χ3n) is 4.83. The summed E-state index contributed by atoms with van der Waals surface area (Å²) in [5, 5.41) is 4.56. The summed E-state index contributed by atoms with van der Waals surface area (Å²) in [4.78, 5) is 8.38. The number of hydrogen-bond acceptors (Lipinski definition) is 5. The maximum absolute atomic E-state index is 7.19. The van der Waals surface area contributed by atoms with Crippen LogP contribution in [0, 0.1) is 6.57 Å². The van der Waals surface area contributed by atoms with Crippen molar-refractivity contribution in [3.05, 3.63) is 88.7 Å². The van der Waals surface area contributed by atoms with Crippen LogP contribution in [-0.2, 0) is 0 Å². The minimum atomic E-state index is -0.182. The number of thiazole rings is 1. The van der Waals surface area contributed by atoms with Crippen LogP contribution < -0.4 is 14.8 Å². The zero-order valence-electron chi connectivity index (χ0n) is 18.3. The molecule has 4 aromatic rings. The number of anilines is 1. The molecule has 0 aliphatic carbocycles. The number of hydrogen-bond donors (Lipinski definition) is 1. The van der Waals surface area contributed by atoms with Gasteiger partial charge in [-0.2, -0.15) is 0 Å². The molecular weight excluding hydrogens is 418 g/mol. The third-order valence-corrected chi connectivity index (χ3v) is 5.93. The predicted octanol–water partition coefficient (Wildman–Crippen LogP) is 7.23. The van der Waals surface area contributed by atoms with Crippen molar-refractivity contribution in [3.63, 3.8) is 0 Å². The van der Waals surface area contributed by atoms with Crippen LogP contribution in [0.3, 0.4) is 0 Å². The smallest absolute Gasteiger partial charge is 0.187 e. The minimum Gasteiger partial charge on any atom is -0.490 e. The second kappa shape index (κ2) is 9.71. The first-order valence-electron chi connectivity index (χ1n) is 10.6. The molecule has 1 unspecified atom stereocenters. The van der Waals surface area contributed by atoms with Crippen LogP contribution >= 0.6 is 11.3 Å². The van der Waals surface area contributed by atoms with Crippen LogP contribution in [0.25, 0.3) is 15.1 Å². The number of nitrogens with one attached hydrogen (secondary N) is 1. The number of nitrogens with zero attached hydrogens (tertiary/aromatic N) is 2. The Morgan fingerprint density at radius 3 is 2.50 bits per heavy atom. The molecule has 6 heteroatoms. The van der Waals surface area contributed by atoms with Crippen LogP contribution in [0.15, 0.2) is 66.7 Å². The Labute approximate surface area is 192 Å². The number of ether oxygens (including phenoxy) is 2. The highest BCUT2D eigenvalue weighted by molar-refractivity contribution is 7.18. The molecule has 1 aromatic heterocycles. The van der Waals surface area contributed by atoms with Crippen LogP contribution in [0.2, 0.25) is 0 Å². The minimum absolute atomic E-state index is 0.0548. The molecule has 0 radical (unpaired) electrons. The summed E-state index contributed by atoms with van der Waals surface area (Å²) in [7, 11) is 0. The van der Waals surface area contributed by atoms with Crippen LogP contribution in [0.4, 0.5) is 11.4 Å². The van der Waals surface area contributed by atoms with Crippen molar-refractivity contribution in [2.45, 2.75) is 32.9 Å². The summed E-state index contributed by atoms with van der Waals surface area (Å²) in [6.45, 7) is 13.7. The van der Waals surface area contributed by atoms with Gasteiger partial charge in [0, 0.05) is 5.69 Å². The van der Waals surface area contributed by atoms with E-state index in [-0.39, 0.29) is 12.1 Å². The Morgan fingerprint density at radius 1 is 1.03 bits per heavy atom. The highest BCUT2D eigenvalue weighted by Gasteiger charge is 2.21. The molecule has 0 aliphatic rings. The first-order chi connectivity index (χ1) is 15.6. The number of benzene rings is 3. The van der Waals surface area contributed by atoms with E-state index < -0.39 is 0 Å². The summed E-state index contributed by atoms with van der Waals surface area (Å²) >= 11 is 1.67. The SMILES string of the molecule is [C-]#[N+]c1ccc(NC(c2ccc(OC(C)C)c(OCC)c2)c2nc3ccccc3s2)cc1. The Hall–Kier alpha value is -3.56. The molecular formula is C26H25N3O2S. The van der Waals surface area contributed by atoms with Gasteiger partial charge in [0.15, 0.2) is 17.2 Å². The van der Waals surface area contributed by atoms with Gasteiger partial charge in [0.25, 0.3) is 0 Å². The van der Waals surface area contributed by atoms with Crippen molar-refractivity contribution in [2.75, 3.05) is 11.9 Å². The van der Waals surface area contributed by atoms with Gasteiger partial charge in [0.05, 0.1) is 29.5 Å². The molecule has 32 heavy (non-hydrogen) atoms. The quantitative estimate of drug-likeness (QED) is 0.292.